The van der Waals surface area contributed by atoms with E-state index in [2.05, 4.69) is 29.9 Å². The Hall–Kier alpha value is -2.73. The van der Waals surface area contributed by atoms with Crippen molar-refractivity contribution in [3.8, 4) is 0 Å². The van der Waals surface area contributed by atoms with Crippen LogP contribution >= 0.6 is 0 Å². The van der Waals surface area contributed by atoms with Gasteiger partial charge in [-0.25, -0.2) is 17.4 Å². The summed E-state index contributed by atoms with van der Waals surface area (Å²) in [5.41, 5.74) is 3.33. The molecule has 0 saturated heterocycles. The van der Waals surface area contributed by atoms with E-state index < -0.39 is 10.0 Å². The number of aromatic nitrogens is 2. The van der Waals surface area contributed by atoms with Crippen molar-refractivity contribution in [3.63, 3.8) is 0 Å². The molecule has 5 nitrogen and oxygen atoms in total. The molecule has 0 amide bonds. The zero-order chi connectivity index (χ0) is 19.0. The van der Waals surface area contributed by atoms with Gasteiger partial charge in [-0.2, -0.15) is 0 Å². The Morgan fingerprint density at radius 2 is 1.96 bits per heavy atom. The maximum atomic E-state index is 13.2. The van der Waals surface area contributed by atoms with Gasteiger partial charge in [0.1, 0.15) is 0 Å². The van der Waals surface area contributed by atoms with Crippen LogP contribution in [0.5, 0.6) is 0 Å². The van der Waals surface area contributed by atoms with E-state index >= 15 is 0 Å². The Morgan fingerprint density at radius 3 is 2.63 bits per heavy atom. The molecule has 0 aliphatic carbocycles. The summed E-state index contributed by atoms with van der Waals surface area (Å²) in [4.78, 5) is 9.03. The Kier molecular flexibility index (Phi) is 4.44. The molecule has 0 radical (unpaired) electrons. The molecule has 0 bridgehead atoms. The third kappa shape index (κ3) is 3.21. The summed E-state index contributed by atoms with van der Waals surface area (Å²) in [7, 11) is -3.73. The minimum atomic E-state index is -3.73. The van der Waals surface area contributed by atoms with Crippen molar-refractivity contribution in [1.29, 1.82) is 0 Å². The van der Waals surface area contributed by atoms with Crippen LogP contribution in [0.1, 0.15) is 25.0 Å². The largest absolute Gasteiger partial charge is 0.288 e. The molecule has 0 unspecified atom stereocenters. The van der Waals surface area contributed by atoms with Gasteiger partial charge in [0.15, 0.2) is 5.65 Å². The quantitative estimate of drug-likeness (QED) is 0.674. The van der Waals surface area contributed by atoms with Gasteiger partial charge in [0.25, 0.3) is 10.0 Å². The molecule has 4 rings (SSSR count). The maximum absolute atomic E-state index is 13.2. The van der Waals surface area contributed by atoms with Crippen molar-refractivity contribution >= 4 is 32.8 Å². The first-order valence-corrected chi connectivity index (χ1v) is 10.4. The second-order valence-corrected chi connectivity index (χ2v) is 8.94. The molecule has 1 aliphatic rings. The highest BCUT2D eigenvalue weighted by atomic mass is 32.2. The lowest BCUT2D eigenvalue weighted by atomic mass is 10.0. The van der Waals surface area contributed by atoms with Crippen LogP contribution in [0.4, 0.5) is 0 Å². The van der Waals surface area contributed by atoms with Gasteiger partial charge in [-0.05, 0) is 41.7 Å². The lowest BCUT2D eigenvalue weighted by Crippen LogP contribution is -2.12. The van der Waals surface area contributed by atoms with Crippen LogP contribution in [0.15, 0.2) is 64.8 Å². The highest BCUT2D eigenvalue weighted by molar-refractivity contribution is 7.90. The molecule has 0 spiro atoms. The Labute approximate surface area is 159 Å². The molecular formula is C21H21N3O2S. The predicted molar refractivity (Wildman–Crippen MR) is 109 cm³/mol. The average molecular weight is 379 g/mol. The summed E-state index contributed by atoms with van der Waals surface area (Å²) in [5, 5.41) is 0.840. The smallest absolute Gasteiger partial charge is 0.269 e. The summed E-state index contributed by atoms with van der Waals surface area (Å²) < 4.78 is 27.7. The number of aliphatic imine (C=N–C) groups is 1. The molecule has 3 aromatic rings. The molecule has 0 atom stereocenters. The van der Waals surface area contributed by atoms with E-state index in [4.69, 9.17) is 0 Å². The summed E-state index contributed by atoms with van der Waals surface area (Å²) in [6.07, 6.45) is 8.14. The molecule has 2 aromatic heterocycles. The van der Waals surface area contributed by atoms with E-state index in [1.54, 1.807) is 48.9 Å². The fourth-order valence-electron chi connectivity index (χ4n) is 3.36. The average Bonchev–Trinajstić information content (AvgIpc) is 3.29. The molecule has 1 aromatic carbocycles. The Balaban J connectivity index is 1.95. The molecule has 3 heterocycles. The topological polar surface area (TPSA) is 64.3 Å². The van der Waals surface area contributed by atoms with E-state index in [0.29, 0.717) is 18.1 Å². The van der Waals surface area contributed by atoms with E-state index in [-0.39, 0.29) is 4.90 Å². The van der Waals surface area contributed by atoms with E-state index in [9.17, 15) is 8.42 Å². The van der Waals surface area contributed by atoms with E-state index in [1.807, 2.05) is 6.08 Å². The van der Waals surface area contributed by atoms with Crippen molar-refractivity contribution in [2.75, 3.05) is 6.54 Å². The number of nitrogens with zero attached hydrogens (tertiary/aromatic N) is 3. The van der Waals surface area contributed by atoms with Crippen LogP contribution in [0.3, 0.4) is 0 Å². The number of benzene rings is 1. The van der Waals surface area contributed by atoms with Gasteiger partial charge >= 0.3 is 0 Å². The molecule has 6 heteroatoms. The number of fused-ring (bicyclic) bond motifs is 1. The monoisotopic (exact) mass is 379 g/mol. The summed E-state index contributed by atoms with van der Waals surface area (Å²) in [6, 6.07) is 10.5. The van der Waals surface area contributed by atoms with Crippen LogP contribution in [0, 0.1) is 5.92 Å². The van der Waals surface area contributed by atoms with Gasteiger partial charge in [-0.15, -0.1) is 0 Å². The van der Waals surface area contributed by atoms with Crippen molar-refractivity contribution < 1.29 is 8.42 Å². The minimum Gasteiger partial charge on any atom is -0.288 e. The standard InChI is InChI=1S/C21H21N3O2S/c1-15(2)10-16-11-19-20(17-8-9-22-13-17)14-24(21(19)23-12-16)27(25,26)18-6-4-3-5-7-18/h3-8,11-15H,9-10H2,1-2H3. The van der Waals surface area contributed by atoms with Crippen LogP contribution in [0.25, 0.3) is 16.6 Å². The summed E-state index contributed by atoms with van der Waals surface area (Å²) in [6.45, 7) is 4.93. The Bertz CT molecular complexity index is 1160. The van der Waals surface area contributed by atoms with E-state index in [1.165, 1.54) is 3.97 Å². The number of allylic oxidation sites excluding steroid dienone is 1. The van der Waals surface area contributed by atoms with E-state index in [0.717, 1.165) is 28.5 Å². The first-order valence-electron chi connectivity index (χ1n) is 8.98. The molecule has 0 fully saturated rings. The lowest BCUT2D eigenvalue weighted by Gasteiger charge is -2.08. The summed E-state index contributed by atoms with van der Waals surface area (Å²) >= 11 is 0. The number of pyridine rings is 1. The second-order valence-electron chi connectivity index (χ2n) is 7.12. The number of hydrogen-bond donors (Lipinski definition) is 0. The van der Waals surface area contributed by atoms with Crippen molar-refractivity contribution in [1.82, 2.24) is 8.96 Å². The Morgan fingerprint density at radius 1 is 1.19 bits per heavy atom. The fourth-order valence-corrected chi connectivity index (χ4v) is 4.70. The van der Waals surface area contributed by atoms with Gasteiger partial charge in [0, 0.05) is 29.6 Å². The van der Waals surface area contributed by atoms with Gasteiger partial charge in [-0.1, -0.05) is 38.1 Å². The zero-order valence-corrected chi connectivity index (χ0v) is 16.1. The summed E-state index contributed by atoms with van der Waals surface area (Å²) in [5.74, 6) is 0.495. The maximum Gasteiger partial charge on any atom is 0.269 e. The first kappa shape index (κ1) is 17.7. The lowest BCUT2D eigenvalue weighted by molar-refractivity contribution is 0.588. The molecule has 1 aliphatic heterocycles. The normalized spacial score (nSPS) is 14.3. The molecule has 27 heavy (non-hydrogen) atoms. The highest BCUT2D eigenvalue weighted by Gasteiger charge is 2.23. The van der Waals surface area contributed by atoms with Crippen LogP contribution in [0.2, 0.25) is 0 Å². The number of rotatable bonds is 5. The fraction of sp³-hybridized carbons (Fsp3) is 0.238. The molecular weight excluding hydrogens is 358 g/mol. The molecule has 0 saturated carbocycles. The van der Waals surface area contributed by atoms with Gasteiger partial charge < -0.3 is 0 Å². The van der Waals surface area contributed by atoms with Gasteiger partial charge in [0.2, 0.25) is 0 Å². The first-order chi connectivity index (χ1) is 13.0. The van der Waals surface area contributed by atoms with Gasteiger partial charge in [0.05, 0.1) is 11.4 Å². The molecule has 0 N–H and O–H groups in total. The number of hydrogen-bond acceptors (Lipinski definition) is 4. The van der Waals surface area contributed by atoms with Crippen LogP contribution in [-0.4, -0.2) is 30.1 Å². The van der Waals surface area contributed by atoms with Crippen LogP contribution in [-0.2, 0) is 16.4 Å². The van der Waals surface area contributed by atoms with Gasteiger partial charge in [-0.3, -0.25) is 4.99 Å². The SMILES string of the molecule is CC(C)Cc1cnc2c(c1)c(C1=CCN=C1)cn2S(=O)(=O)c1ccccc1. The third-order valence-corrected chi connectivity index (χ3v) is 6.23. The zero-order valence-electron chi connectivity index (χ0n) is 15.3. The van der Waals surface area contributed by atoms with Crippen molar-refractivity contribution in [3.05, 3.63) is 66.0 Å². The van der Waals surface area contributed by atoms with Crippen molar-refractivity contribution in [2.45, 2.75) is 25.2 Å². The minimum absolute atomic E-state index is 0.246. The highest BCUT2D eigenvalue weighted by Crippen LogP contribution is 2.30. The predicted octanol–water partition coefficient (Wildman–Crippen LogP) is 3.94. The second kappa shape index (κ2) is 6.78. The third-order valence-electron chi connectivity index (χ3n) is 4.57. The molecule has 138 valence electrons. The van der Waals surface area contributed by atoms with Crippen LogP contribution < -0.4 is 0 Å². The van der Waals surface area contributed by atoms with Crippen molar-refractivity contribution in [2.24, 2.45) is 10.9 Å².